The van der Waals surface area contributed by atoms with Crippen molar-refractivity contribution in [2.24, 2.45) is 5.73 Å². The molecule has 1 saturated heterocycles. The van der Waals surface area contributed by atoms with Gasteiger partial charge in [-0.25, -0.2) is 4.79 Å². The molecule has 1 aromatic rings. The van der Waals surface area contributed by atoms with Crippen molar-refractivity contribution in [3.63, 3.8) is 0 Å². The Balaban J connectivity index is 2.15. The number of benzene rings is 1. The number of alkyl carbamates (subject to hydrolysis) is 1. The highest BCUT2D eigenvalue weighted by Crippen LogP contribution is 2.36. The number of halogens is 1. The Kier molecular flexibility index (Phi) is 6.30. The molecule has 1 heterocycles. The molecule has 1 aliphatic heterocycles. The van der Waals surface area contributed by atoms with Crippen LogP contribution in [0.1, 0.15) is 44.0 Å². The number of rotatable bonds is 4. The highest BCUT2D eigenvalue weighted by molar-refractivity contribution is 9.10. The van der Waals surface area contributed by atoms with Crippen molar-refractivity contribution in [2.75, 3.05) is 18.0 Å². The molecule has 0 saturated carbocycles. The average molecular weight is 443 g/mol. The number of primary amides is 1. The molecule has 3 N–H and O–H groups in total. The smallest absolute Gasteiger partial charge is 0.407 e. The number of carbonyl (C=O) groups is 2. The summed E-state index contributed by atoms with van der Waals surface area (Å²) < 4.78 is 5.66. The molecule has 2 rings (SSSR count). The van der Waals surface area contributed by atoms with E-state index in [9.17, 15) is 19.7 Å². The number of nitrogens with zero attached hydrogens (tertiary/aromatic N) is 2. The van der Waals surface area contributed by atoms with Crippen molar-refractivity contribution in [1.29, 1.82) is 0 Å². The Morgan fingerprint density at radius 3 is 2.41 bits per heavy atom. The zero-order valence-electron chi connectivity index (χ0n) is 15.5. The molecule has 9 nitrogen and oxygen atoms in total. The molecule has 27 heavy (non-hydrogen) atoms. The Hall–Kier alpha value is -2.36. The number of carbonyl (C=O) groups excluding carboxylic acids is 2. The van der Waals surface area contributed by atoms with E-state index < -0.39 is 22.5 Å². The lowest BCUT2D eigenvalue weighted by Gasteiger charge is -2.34. The molecule has 2 amide bonds. The van der Waals surface area contributed by atoms with Gasteiger partial charge in [-0.05, 0) is 39.7 Å². The Morgan fingerprint density at radius 2 is 1.93 bits per heavy atom. The number of hydrogen-bond acceptors (Lipinski definition) is 6. The van der Waals surface area contributed by atoms with Gasteiger partial charge >= 0.3 is 6.09 Å². The summed E-state index contributed by atoms with van der Waals surface area (Å²) in [5.74, 6) is -0.733. The summed E-state index contributed by atoms with van der Waals surface area (Å²) in [6, 6.07) is 2.73. The molecule has 148 valence electrons. The lowest BCUT2D eigenvalue weighted by Crippen LogP contribution is -2.46. The van der Waals surface area contributed by atoms with Gasteiger partial charge in [0.2, 0.25) is 0 Å². The second kappa shape index (κ2) is 8.12. The van der Waals surface area contributed by atoms with Crippen molar-refractivity contribution in [3.8, 4) is 0 Å². The molecule has 1 aromatic carbocycles. The minimum Gasteiger partial charge on any atom is -0.444 e. The fourth-order valence-electron chi connectivity index (χ4n) is 2.97. The fraction of sp³-hybridized carbons (Fsp3) is 0.529. The van der Waals surface area contributed by atoms with E-state index in [0.29, 0.717) is 30.4 Å². The fourth-order valence-corrected chi connectivity index (χ4v) is 3.41. The second-order valence-electron chi connectivity index (χ2n) is 7.35. The summed E-state index contributed by atoms with van der Waals surface area (Å²) in [4.78, 5) is 36.4. The predicted molar refractivity (Wildman–Crippen MR) is 104 cm³/mol. The predicted octanol–water partition coefficient (Wildman–Crippen LogP) is 2.95. The molecular weight excluding hydrogens is 420 g/mol. The molecule has 0 bridgehead atoms. The van der Waals surface area contributed by atoms with E-state index in [1.54, 1.807) is 25.7 Å². The summed E-state index contributed by atoms with van der Waals surface area (Å²) in [6.07, 6.45) is 0.628. The minimum absolute atomic E-state index is 0.0922. The third kappa shape index (κ3) is 5.56. The molecule has 0 aromatic heterocycles. The van der Waals surface area contributed by atoms with Crippen LogP contribution in [0.3, 0.4) is 0 Å². The monoisotopic (exact) mass is 442 g/mol. The molecule has 0 aliphatic carbocycles. The lowest BCUT2D eigenvalue weighted by atomic mass is 10.0. The summed E-state index contributed by atoms with van der Waals surface area (Å²) >= 11 is 3.18. The molecule has 1 aliphatic rings. The van der Waals surface area contributed by atoms with Gasteiger partial charge in [0.1, 0.15) is 11.3 Å². The first-order valence-electron chi connectivity index (χ1n) is 8.50. The van der Waals surface area contributed by atoms with Gasteiger partial charge in [0.25, 0.3) is 11.6 Å². The molecule has 10 heteroatoms. The van der Waals surface area contributed by atoms with Crippen LogP contribution in [0.25, 0.3) is 0 Å². The standard InChI is InChI=1S/C17H23BrN4O5/c1-17(2,3)27-16(24)20-11-4-6-21(7-5-11)14-12(15(19)23)8-10(18)9-13(14)22(25)26/h8-9,11H,4-7H2,1-3H3,(H2,19,23)(H,20,24). The lowest BCUT2D eigenvalue weighted by molar-refractivity contribution is -0.384. The van der Waals surface area contributed by atoms with Crippen molar-refractivity contribution in [1.82, 2.24) is 5.32 Å². The molecular formula is C17H23BrN4O5. The van der Waals surface area contributed by atoms with Crippen LogP contribution in [0.2, 0.25) is 0 Å². The quantitative estimate of drug-likeness (QED) is 0.544. The maximum atomic E-state index is 11.9. The van der Waals surface area contributed by atoms with Gasteiger partial charge in [0.15, 0.2) is 0 Å². The minimum atomic E-state index is -0.733. The van der Waals surface area contributed by atoms with Crippen molar-refractivity contribution in [3.05, 3.63) is 32.3 Å². The van der Waals surface area contributed by atoms with Crippen LogP contribution >= 0.6 is 15.9 Å². The number of anilines is 1. The first-order valence-corrected chi connectivity index (χ1v) is 9.29. The maximum Gasteiger partial charge on any atom is 0.407 e. The number of nitro benzene ring substituents is 1. The van der Waals surface area contributed by atoms with Crippen LogP contribution in [-0.4, -0.2) is 41.7 Å². The maximum absolute atomic E-state index is 11.9. The van der Waals surface area contributed by atoms with Gasteiger partial charge in [-0.2, -0.15) is 0 Å². The van der Waals surface area contributed by atoms with Gasteiger partial charge in [0, 0.05) is 29.7 Å². The summed E-state index contributed by atoms with van der Waals surface area (Å²) in [5, 5.41) is 14.3. The number of piperidine rings is 1. The van der Waals surface area contributed by atoms with E-state index in [0.717, 1.165) is 0 Å². The number of nitro groups is 1. The molecule has 0 atom stereocenters. The number of nitrogens with two attached hydrogens (primary N) is 1. The molecule has 0 unspecified atom stereocenters. The third-order valence-electron chi connectivity index (χ3n) is 4.05. The average Bonchev–Trinajstić information content (AvgIpc) is 2.53. The largest absolute Gasteiger partial charge is 0.444 e. The second-order valence-corrected chi connectivity index (χ2v) is 8.27. The first-order chi connectivity index (χ1) is 12.5. The highest BCUT2D eigenvalue weighted by Gasteiger charge is 2.30. The summed E-state index contributed by atoms with van der Waals surface area (Å²) in [7, 11) is 0. The van der Waals surface area contributed by atoms with Crippen molar-refractivity contribution >= 4 is 39.3 Å². The summed E-state index contributed by atoms with van der Waals surface area (Å²) in [5.41, 5.74) is 4.97. The van der Waals surface area contributed by atoms with Crippen molar-refractivity contribution in [2.45, 2.75) is 45.3 Å². The van der Waals surface area contributed by atoms with Gasteiger partial charge in [-0.1, -0.05) is 15.9 Å². The van der Waals surface area contributed by atoms with Gasteiger partial charge in [-0.3, -0.25) is 14.9 Å². The Morgan fingerprint density at radius 1 is 1.33 bits per heavy atom. The van der Waals surface area contributed by atoms with Crippen LogP contribution < -0.4 is 16.0 Å². The van der Waals surface area contributed by atoms with Crippen molar-refractivity contribution < 1.29 is 19.2 Å². The Bertz CT molecular complexity index is 719. The summed E-state index contributed by atoms with van der Waals surface area (Å²) in [6.45, 7) is 6.22. The number of ether oxygens (including phenoxy) is 1. The number of amides is 2. The first kappa shape index (κ1) is 20.9. The topological polar surface area (TPSA) is 128 Å². The van der Waals surface area contributed by atoms with E-state index in [1.165, 1.54) is 12.1 Å². The normalized spacial score (nSPS) is 15.3. The van der Waals surface area contributed by atoms with Crippen LogP contribution in [0.5, 0.6) is 0 Å². The van der Waals surface area contributed by atoms with Gasteiger partial charge in [0.05, 0.1) is 10.5 Å². The molecule has 1 fully saturated rings. The van der Waals surface area contributed by atoms with Crippen LogP contribution in [0.4, 0.5) is 16.2 Å². The third-order valence-corrected chi connectivity index (χ3v) is 4.51. The van der Waals surface area contributed by atoms with Crippen LogP contribution in [-0.2, 0) is 4.74 Å². The highest BCUT2D eigenvalue weighted by atomic mass is 79.9. The van der Waals surface area contributed by atoms with Gasteiger partial charge < -0.3 is 20.7 Å². The van der Waals surface area contributed by atoms with Gasteiger partial charge in [-0.15, -0.1) is 0 Å². The molecule has 0 radical (unpaired) electrons. The van der Waals surface area contributed by atoms with E-state index in [-0.39, 0.29) is 23.0 Å². The Labute approximate surface area is 165 Å². The van der Waals surface area contributed by atoms with E-state index in [2.05, 4.69) is 21.2 Å². The number of hydrogen-bond donors (Lipinski definition) is 2. The zero-order chi connectivity index (χ0) is 20.4. The van der Waals surface area contributed by atoms with Crippen LogP contribution in [0, 0.1) is 10.1 Å². The van der Waals surface area contributed by atoms with E-state index in [4.69, 9.17) is 10.5 Å². The SMILES string of the molecule is CC(C)(C)OC(=O)NC1CCN(c2c(C(N)=O)cc(Br)cc2[N+](=O)[O-])CC1. The van der Waals surface area contributed by atoms with E-state index in [1.807, 2.05) is 0 Å². The number of nitrogens with one attached hydrogen (secondary N) is 1. The molecule has 0 spiro atoms. The van der Waals surface area contributed by atoms with Crippen LogP contribution in [0.15, 0.2) is 16.6 Å². The van der Waals surface area contributed by atoms with E-state index >= 15 is 0 Å². The zero-order valence-corrected chi connectivity index (χ0v) is 17.0.